The molecule has 1 aromatic rings. The Balaban J connectivity index is 2.10. The molecule has 1 saturated carbocycles. The molecule has 0 heterocycles. The van der Waals surface area contributed by atoms with Gasteiger partial charge in [-0.2, -0.15) is 4.31 Å². The third-order valence-corrected chi connectivity index (χ3v) is 5.43. The van der Waals surface area contributed by atoms with Gasteiger partial charge < -0.3 is 5.73 Å². The van der Waals surface area contributed by atoms with Gasteiger partial charge in [0.15, 0.2) is 0 Å². The highest BCUT2D eigenvalue weighted by atomic mass is 32.2. The van der Waals surface area contributed by atoms with E-state index in [2.05, 4.69) is 13.8 Å². The number of benzene rings is 1. The van der Waals surface area contributed by atoms with E-state index >= 15 is 0 Å². The van der Waals surface area contributed by atoms with Crippen LogP contribution in [0.2, 0.25) is 0 Å². The van der Waals surface area contributed by atoms with Crippen LogP contribution >= 0.6 is 0 Å². The molecule has 5 heteroatoms. The molecule has 0 aromatic heterocycles. The largest absolute Gasteiger partial charge is 0.399 e. The first-order valence-corrected chi connectivity index (χ1v) is 8.83. The van der Waals surface area contributed by atoms with Gasteiger partial charge in [-0.05, 0) is 42.9 Å². The van der Waals surface area contributed by atoms with Gasteiger partial charge >= 0.3 is 0 Å². The van der Waals surface area contributed by atoms with Crippen molar-refractivity contribution in [2.75, 3.05) is 12.3 Å². The molecular weight excluding hydrogens is 272 g/mol. The number of nitrogens with zero attached hydrogens (tertiary/aromatic N) is 1. The topological polar surface area (TPSA) is 63.4 Å². The fourth-order valence-electron chi connectivity index (χ4n) is 2.27. The van der Waals surface area contributed by atoms with Crippen LogP contribution in [0.25, 0.3) is 0 Å². The summed E-state index contributed by atoms with van der Waals surface area (Å²) in [6, 6.07) is 7.36. The second-order valence-corrected chi connectivity index (χ2v) is 7.95. The van der Waals surface area contributed by atoms with Crippen molar-refractivity contribution in [3.63, 3.8) is 0 Å². The maximum atomic E-state index is 12.6. The van der Waals surface area contributed by atoms with E-state index in [0.717, 1.165) is 24.8 Å². The molecular formula is C15H24N2O2S. The molecule has 1 aliphatic rings. The van der Waals surface area contributed by atoms with E-state index in [0.29, 0.717) is 18.2 Å². The Kier molecular flexibility index (Phi) is 4.70. The molecule has 2 rings (SSSR count). The molecule has 0 spiro atoms. The summed E-state index contributed by atoms with van der Waals surface area (Å²) < 4.78 is 26.9. The molecule has 0 atom stereocenters. The molecule has 0 unspecified atom stereocenters. The predicted molar refractivity (Wildman–Crippen MR) is 82.7 cm³/mol. The second kappa shape index (κ2) is 6.14. The normalized spacial score (nSPS) is 16.0. The molecule has 0 amide bonds. The van der Waals surface area contributed by atoms with Crippen molar-refractivity contribution in [3.8, 4) is 0 Å². The fraction of sp³-hybridized carbons (Fsp3) is 0.600. The van der Waals surface area contributed by atoms with Gasteiger partial charge in [0.05, 0.1) is 5.75 Å². The standard InChI is InChI=1S/C15H24N2O2S/c1-12(2)8-9-17(15-6-7-15)20(18,19)11-13-4-3-5-14(16)10-13/h3-5,10,12,15H,6-9,11,16H2,1-2H3. The van der Waals surface area contributed by atoms with E-state index in [1.165, 1.54) is 0 Å². The summed E-state index contributed by atoms with van der Waals surface area (Å²) in [5.41, 5.74) is 7.09. The zero-order chi connectivity index (χ0) is 14.8. The fourth-order valence-corrected chi connectivity index (χ4v) is 4.09. The van der Waals surface area contributed by atoms with Crippen LogP contribution < -0.4 is 5.73 Å². The summed E-state index contributed by atoms with van der Waals surface area (Å²) >= 11 is 0. The van der Waals surface area contributed by atoms with Crippen LogP contribution in [0.15, 0.2) is 24.3 Å². The summed E-state index contributed by atoms with van der Waals surface area (Å²) in [6.45, 7) is 4.87. The van der Waals surface area contributed by atoms with E-state index in [9.17, 15) is 8.42 Å². The quantitative estimate of drug-likeness (QED) is 0.787. The van der Waals surface area contributed by atoms with Crippen molar-refractivity contribution in [1.82, 2.24) is 4.31 Å². The monoisotopic (exact) mass is 296 g/mol. The minimum absolute atomic E-state index is 0.0482. The number of nitrogens with two attached hydrogens (primary N) is 1. The first kappa shape index (κ1) is 15.3. The first-order chi connectivity index (χ1) is 9.38. The van der Waals surface area contributed by atoms with Gasteiger partial charge in [0, 0.05) is 18.3 Å². The minimum Gasteiger partial charge on any atom is -0.399 e. The molecule has 0 aliphatic heterocycles. The Morgan fingerprint density at radius 3 is 2.60 bits per heavy atom. The summed E-state index contributed by atoms with van der Waals surface area (Å²) in [4.78, 5) is 0. The molecule has 4 nitrogen and oxygen atoms in total. The van der Waals surface area contributed by atoms with Crippen LogP contribution in [0.5, 0.6) is 0 Å². The van der Waals surface area contributed by atoms with E-state index in [1.807, 2.05) is 6.07 Å². The maximum Gasteiger partial charge on any atom is 0.218 e. The van der Waals surface area contributed by atoms with Gasteiger partial charge in [-0.3, -0.25) is 0 Å². The van der Waals surface area contributed by atoms with E-state index < -0.39 is 10.0 Å². The Labute approximate surface area is 122 Å². The molecule has 0 radical (unpaired) electrons. The first-order valence-electron chi connectivity index (χ1n) is 7.22. The van der Waals surface area contributed by atoms with Crippen LogP contribution in [0.4, 0.5) is 5.69 Å². The Bertz CT molecular complexity index is 551. The van der Waals surface area contributed by atoms with Crippen LogP contribution in [-0.2, 0) is 15.8 Å². The molecule has 2 N–H and O–H groups in total. The lowest BCUT2D eigenvalue weighted by molar-refractivity contribution is 0.373. The lowest BCUT2D eigenvalue weighted by Crippen LogP contribution is -2.35. The van der Waals surface area contributed by atoms with E-state index in [4.69, 9.17) is 5.73 Å². The second-order valence-electron chi connectivity index (χ2n) is 6.03. The molecule has 1 aromatic carbocycles. The summed E-state index contributed by atoms with van der Waals surface area (Å²) in [6.07, 6.45) is 2.90. The Morgan fingerprint density at radius 1 is 1.35 bits per heavy atom. The van der Waals surface area contributed by atoms with Gasteiger partial charge in [0.1, 0.15) is 0 Å². The summed E-state index contributed by atoms with van der Waals surface area (Å²) in [7, 11) is -3.25. The number of sulfonamides is 1. The molecule has 0 saturated heterocycles. The SMILES string of the molecule is CC(C)CCN(C1CC1)S(=O)(=O)Cc1cccc(N)c1. The zero-order valence-corrected chi connectivity index (χ0v) is 13.1. The van der Waals surface area contributed by atoms with Gasteiger partial charge in [-0.15, -0.1) is 0 Å². The highest BCUT2D eigenvalue weighted by molar-refractivity contribution is 7.88. The molecule has 1 aliphatic carbocycles. The van der Waals surface area contributed by atoms with Crippen molar-refractivity contribution >= 4 is 15.7 Å². The number of hydrogen-bond donors (Lipinski definition) is 1. The van der Waals surface area contributed by atoms with Crippen LogP contribution in [0.1, 0.15) is 38.7 Å². The minimum atomic E-state index is -3.25. The van der Waals surface area contributed by atoms with Crippen molar-refractivity contribution in [1.29, 1.82) is 0 Å². The van der Waals surface area contributed by atoms with Crippen LogP contribution in [0.3, 0.4) is 0 Å². The Hall–Kier alpha value is -1.07. The van der Waals surface area contributed by atoms with Crippen molar-refractivity contribution in [2.24, 2.45) is 5.92 Å². The third kappa shape index (κ3) is 4.21. The highest BCUT2D eigenvalue weighted by Crippen LogP contribution is 2.31. The smallest absolute Gasteiger partial charge is 0.218 e. The maximum absolute atomic E-state index is 12.6. The van der Waals surface area contributed by atoms with Gasteiger partial charge in [0.2, 0.25) is 10.0 Å². The molecule has 0 bridgehead atoms. The average Bonchev–Trinajstić information content (AvgIpc) is 3.12. The zero-order valence-electron chi connectivity index (χ0n) is 12.2. The number of rotatable bonds is 7. The highest BCUT2D eigenvalue weighted by Gasteiger charge is 2.36. The van der Waals surface area contributed by atoms with Gasteiger partial charge in [-0.1, -0.05) is 26.0 Å². The van der Waals surface area contributed by atoms with Crippen molar-refractivity contribution in [2.45, 2.75) is 44.9 Å². The molecule has 1 fully saturated rings. The average molecular weight is 296 g/mol. The van der Waals surface area contributed by atoms with Crippen molar-refractivity contribution in [3.05, 3.63) is 29.8 Å². The summed E-state index contributed by atoms with van der Waals surface area (Å²) in [5.74, 6) is 0.561. The number of hydrogen-bond acceptors (Lipinski definition) is 3. The summed E-state index contributed by atoms with van der Waals surface area (Å²) in [5, 5.41) is 0. The van der Waals surface area contributed by atoms with Crippen LogP contribution in [-0.4, -0.2) is 25.3 Å². The predicted octanol–water partition coefficient (Wildman–Crippen LogP) is 2.61. The van der Waals surface area contributed by atoms with E-state index in [1.54, 1.807) is 22.5 Å². The van der Waals surface area contributed by atoms with Crippen LogP contribution in [0, 0.1) is 5.92 Å². The lowest BCUT2D eigenvalue weighted by Gasteiger charge is -2.23. The number of nitrogen functional groups attached to an aromatic ring is 1. The third-order valence-electron chi connectivity index (χ3n) is 3.54. The van der Waals surface area contributed by atoms with Gasteiger partial charge in [-0.25, -0.2) is 8.42 Å². The number of anilines is 1. The molecule has 112 valence electrons. The van der Waals surface area contributed by atoms with Crippen molar-refractivity contribution < 1.29 is 8.42 Å². The van der Waals surface area contributed by atoms with Gasteiger partial charge in [0.25, 0.3) is 0 Å². The van der Waals surface area contributed by atoms with E-state index in [-0.39, 0.29) is 11.8 Å². The lowest BCUT2D eigenvalue weighted by atomic mass is 10.1. The Morgan fingerprint density at radius 2 is 2.05 bits per heavy atom. The molecule has 20 heavy (non-hydrogen) atoms.